The highest BCUT2D eigenvalue weighted by Crippen LogP contribution is 2.32. The number of carbonyl (C=O) groups excluding carboxylic acids is 1. The van der Waals surface area contributed by atoms with Gasteiger partial charge in [0.1, 0.15) is 11.3 Å². The number of nitrogens with zero attached hydrogens (tertiary/aromatic N) is 2. The second-order valence-electron chi connectivity index (χ2n) is 7.52. The number of amides is 1. The van der Waals surface area contributed by atoms with Crippen molar-refractivity contribution < 1.29 is 22.0 Å². The Hall–Kier alpha value is -3.17. The number of hydrogen-bond acceptors (Lipinski definition) is 5. The van der Waals surface area contributed by atoms with Crippen LogP contribution < -0.4 is 4.90 Å². The summed E-state index contributed by atoms with van der Waals surface area (Å²) >= 11 is 0.982. The molecule has 0 aliphatic rings. The fraction of sp³-hybridized carbons (Fsp3) is 0.167. The van der Waals surface area contributed by atoms with Crippen LogP contribution in [0.5, 0.6) is 0 Å². The molecule has 0 N–H and O–H groups in total. The maximum atomic E-state index is 14.2. The van der Waals surface area contributed by atoms with Gasteiger partial charge in [-0.1, -0.05) is 72.0 Å². The lowest BCUT2D eigenvalue weighted by Gasteiger charge is -2.20. The molecule has 9 heteroatoms. The molecule has 1 amide bonds. The first-order chi connectivity index (χ1) is 15.8. The van der Waals surface area contributed by atoms with Crippen molar-refractivity contribution in [1.29, 1.82) is 0 Å². The van der Waals surface area contributed by atoms with Crippen LogP contribution in [0, 0.1) is 11.6 Å². The summed E-state index contributed by atoms with van der Waals surface area (Å²) in [4.78, 5) is 18.7. The van der Waals surface area contributed by atoms with Crippen LogP contribution in [0.3, 0.4) is 0 Å². The minimum atomic E-state index is -3.53. The average molecular weight is 487 g/mol. The molecule has 0 unspecified atom stereocenters. The van der Waals surface area contributed by atoms with Crippen LogP contribution in [0.2, 0.25) is 0 Å². The van der Waals surface area contributed by atoms with Gasteiger partial charge < -0.3 is 0 Å². The predicted octanol–water partition coefficient (Wildman–Crippen LogP) is 5.11. The number of anilines is 1. The Morgan fingerprint density at radius 1 is 0.939 bits per heavy atom. The molecule has 0 bridgehead atoms. The monoisotopic (exact) mass is 486 g/mol. The van der Waals surface area contributed by atoms with Crippen molar-refractivity contribution in [3.63, 3.8) is 0 Å². The molecule has 5 nitrogen and oxygen atoms in total. The molecule has 0 atom stereocenters. The molecule has 1 heterocycles. The minimum Gasteiger partial charge on any atom is -0.284 e. The summed E-state index contributed by atoms with van der Waals surface area (Å²) in [7, 11) is -3.53. The highest BCUT2D eigenvalue weighted by molar-refractivity contribution is 7.90. The van der Waals surface area contributed by atoms with E-state index in [0.717, 1.165) is 29.0 Å². The maximum Gasteiger partial charge on any atom is 0.230 e. The molecule has 0 fully saturated rings. The van der Waals surface area contributed by atoms with E-state index in [4.69, 9.17) is 0 Å². The molecule has 4 rings (SSSR count). The van der Waals surface area contributed by atoms with E-state index in [0.29, 0.717) is 5.56 Å². The lowest BCUT2D eigenvalue weighted by Crippen LogP contribution is -2.31. The molecule has 1 aromatic heterocycles. The van der Waals surface area contributed by atoms with E-state index in [1.807, 2.05) is 30.3 Å². The van der Waals surface area contributed by atoms with Crippen LogP contribution in [0.25, 0.3) is 10.2 Å². The topological polar surface area (TPSA) is 67.3 Å². The van der Waals surface area contributed by atoms with Crippen molar-refractivity contribution in [1.82, 2.24) is 4.98 Å². The first-order valence-corrected chi connectivity index (χ1v) is 12.8. The highest BCUT2D eigenvalue weighted by Gasteiger charge is 2.24. The Balaban J connectivity index is 1.58. The summed E-state index contributed by atoms with van der Waals surface area (Å²) < 4.78 is 53.2. The molecular formula is C24H20F2N2O3S2. The fourth-order valence-corrected chi connectivity index (χ4v) is 5.72. The quantitative estimate of drug-likeness (QED) is 0.347. The Bertz CT molecular complexity index is 1380. The van der Waals surface area contributed by atoms with E-state index in [-0.39, 0.29) is 39.8 Å². The molecule has 33 heavy (non-hydrogen) atoms. The Morgan fingerprint density at radius 3 is 2.24 bits per heavy atom. The van der Waals surface area contributed by atoms with Crippen LogP contribution >= 0.6 is 11.3 Å². The molecule has 0 aliphatic carbocycles. The van der Waals surface area contributed by atoms with Gasteiger partial charge in [0.2, 0.25) is 5.91 Å². The number of sulfone groups is 1. The Morgan fingerprint density at radius 2 is 1.58 bits per heavy atom. The van der Waals surface area contributed by atoms with Gasteiger partial charge in [-0.2, -0.15) is 0 Å². The van der Waals surface area contributed by atoms with E-state index in [2.05, 4.69) is 4.98 Å². The van der Waals surface area contributed by atoms with Crippen molar-refractivity contribution >= 4 is 42.4 Å². The van der Waals surface area contributed by atoms with Crippen molar-refractivity contribution in [2.75, 3.05) is 10.7 Å². The predicted molar refractivity (Wildman–Crippen MR) is 126 cm³/mol. The Labute approximate surface area is 194 Å². The summed E-state index contributed by atoms with van der Waals surface area (Å²) in [5.41, 5.74) is 1.41. The number of halogens is 2. The summed E-state index contributed by atoms with van der Waals surface area (Å²) in [6, 6.07) is 19.8. The van der Waals surface area contributed by atoms with Crippen molar-refractivity contribution in [2.45, 2.75) is 18.7 Å². The number of benzene rings is 3. The van der Waals surface area contributed by atoms with Gasteiger partial charge in [0.15, 0.2) is 20.8 Å². The van der Waals surface area contributed by atoms with Crippen LogP contribution in [0.1, 0.15) is 17.5 Å². The smallest absolute Gasteiger partial charge is 0.230 e. The van der Waals surface area contributed by atoms with Crippen molar-refractivity contribution in [3.8, 4) is 0 Å². The van der Waals surface area contributed by atoms with Crippen LogP contribution in [-0.4, -0.2) is 25.1 Å². The second kappa shape index (κ2) is 9.76. The normalized spacial score (nSPS) is 11.6. The zero-order valence-corrected chi connectivity index (χ0v) is 19.1. The maximum absolute atomic E-state index is 14.2. The molecule has 0 radical (unpaired) electrons. The van der Waals surface area contributed by atoms with E-state index in [1.54, 1.807) is 30.3 Å². The number of fused-ring (bicyclic) bond motifs is 1. The fourth-order valence-electron chi connectivity index (χ4n) is 3.37. The third kappa shape index (κ3) is 5.80. The van der Waals surface area contributed by atoms with E-state index in [1.165, 1.54) is 4.90 Å². The van der Waals surface area contributed by atoms with Crippen LogP contribution in [0.15, 0.2) is 72.8 Å². The van der Waals surface area contributed by atoms with Gasteiger partial charge in [0.05, 0.1) is 22.8 Å². The van der Waals surface area contributed by atoms with Crippen molar-refractivity contribution in [3.05, 3.63) is 95.6 Å². The highest BCUT2D eigenvalue weighted by atomic mass is 32.2. The molecule has 4 aromatic rings. The van der Waals surface area contributed by atoms with Gasteiger partial charge >= 0.3 is 0 Å². The molecule has 170 valence electrons. The largest absolute Gasteiger partial charge is 0.284 e. The van der Waals surface area contributed by atoms with Gasteiger partial charge in [-0.15, -0.1) is 0 Å². The van der Waals surface area contributed by atoms with E-state index in [9.17, 15) is 22.0 Å². The number of carbonyl (C=O) groups is 1. The van der Waals surface area contributed by atoms with Gasteiger partial charge in [0.25, 0.3) is 0 Å². The molecule has 0 saturated carbocycles. The SMILES string of the molecule is O=C(CCS(=O)(=O)Cc1ccccc1)N(Cc1ccccc1)c1nc2c(F)cc(F)cc2s1. The third-order valence-corrected chi connectivity index (χ3v) is 7.60. The van der Waals surface area contributed by atoms with Crippen molar-refractivity contribution in [2.24, 2.45) is 0 Å². The zero-order valence-electron chi connectivity index (χ0n) is 17.4. The summed E-state index contributed by atoms with van der Waals surface area (Å²) in [6.45, 7) is 0.127. The van der Waals surface area contributed by atoms with E-state index < -0.39 is 27.4 Å². The molecular weight excluding hydrogens is 466 g/mol. The minimum absolute atomic E-state index is 0.0287. The van der Waals surface area contributed by atoms with E-state index >= 15 is 0 Å². The number of aromatic nitrogens is 1. The Kier molecular flexibility index (Phi) is 6.80. The zero-order chi connectivity index (χ0) is 23.4. The summed E-state index contributed by atoms with van der Waals surface area (Å²) in [6.07, 6.45) is -0.255. The standard InChI is InChI=1S/C24H20F2N2O3S2/c25-19-13-20(26)23-21(14-19)32-24(27-23)28(15-17-7-3-1-4-8-17)22(29)11-12-33(30,31)16-18-9-5-2-6-10-18/h1-10,13-14H,11-12,15-16H2. The number of hydrogen-bond donors (Lipinski definition) is 0. The van der Waals surface area contributed by atoms with Crippen LogP contribution in [0.4, 0.5) is 13.9 Å². The molecule has 3 aromatic carbocycles. The lowest BCUT2D eigenvalue weighted by atomic mass is 10.2. The first kappa shape index (κ1) is 23.0. The van der Waals surface area contributed by atoms with Gasteiger partial charge in [-0.05, 0) is 17.2 Å². The molecule has 0 saturated heterocycles. The average Bonchev–Trinajstić information content (AvgIpc) is 3.21. The second-order valence-corrected chi connectivity index (χ2v) is 10.7. The summed E-state index contributed by atoms with van der Waals surface area (Å²) in [5, 5.41) is 0.184. The van der Waals surface area contributed by atoms with Crippen LogP contribution in [-0.2, 0) is 26.9 Å². The van der Waals surface area contributed by atoms with Gasteiger partial charge in [-0.25, -0.2) is 22.2 Å². The van der Waals surface area contributed by atoms with Gasteiger partial charge in [-0.3, -0.25) is 9.69 Å². The molecule has 0 aliphatic heterocycles. The third-order valence-electron chi connectivity index (χ3n) is 4.97. The lowest BCUT2D eigenvalue weighted by molar-refractivity contribution is -0.118. The number of rotatable bonds is 8. The van der Waals surface area contributed by atoms with Gasteiger partial charge in [0, 0.05) is 12.5 Å². The molecule has 0 spiro atoms. The number of thiazole rings is 1. The first-order valence-electron chi connectivity index (χ1n) is 10.1. The summed E-state index contributed by atoms with van der Waals surface area (Å²) in [5.74, 6) is -2.51.